The molecule has 0 aliphatic heterocycles. The Morgan fingerprint density at radius 3 is 2.40 bits per heavy atom. The number of benzene rings is 2. The maximum absolute atomic E-state index is 12.2. The average Bonchev–Trinajstić information content (AvgIpc) is 2.56. The molecule has 2 aromatic rings. The molecule has 0 bridgehead atoms. The lowest BCUT2D eigenvalue weighted by Crippen LogP contribution is -2.46. The summed E-state index contributed by atoms with van der Waals surface area (Å²) in [5.41, 5.74) is 1.26. The minimum Gasteiger partial charge on any atom is -0.394 e. The molecule has 5 nitrogen and oxygen atoms in total. The van der Waals surface area contributed by atoms with Gasteiger partial charge in [-0.1, -0.05) is 29.8 Å². The van der Waals surface area contributed by atoms with E-state index in [1.165, 1.54) is 0 Å². The van der Waals surface area contributed by atoms with Gasteiger partial charge in [0, 0.05) is 16.3 Å². The van der Waals surface area contributed by atoms with Crippen molar-refractivity contribution in [3.63, 3.8) is 0 Å². The summed E-state index contributed by atoms with van der Waals surface area (Å²) in [5, 5.41) is 15.2. The van der Waals surface area contributed by atoms with Gasteiger partial charge in [0.05, 0.1) is 18.6 Å². The normalized spacial score (nSPS) is 11.0. The Morgan fingerprint density at radius 2 is 1.80 bits per heavy atom. The number of anilines is 1. The molecule has 0 radical (unpaired) electrons. The third kappa shape index (κ3) is 5.89. The number of carbonyl (C=O) groups excluding carboxylic acids is 2. The highest BCUT2D eigenvalue weighted by molar-refractivity contribution is 6.31. The Balaban J connectivity index is 1.96. The van der Waals surface area contributed by atoms with Crippen molar-refractivity contribution in [2.75, 3.05) is 11.9 Å². The van der Waals surface area contributed by atoms with Gasteiger partial charge in [-0.2, -0.15) is 0 Å². The van der Waals surface area contributed by atoms with Crippen LogP contribution in [0.4, 0.5) is 5.69 Å². The summed E-state index contributed by atoms with van der Waals surface area (Å²) in [6.07, 6.45) is 0.200. The Bertz CT molecular complexity index is 758. The van der Waals surface area contributed by atoms with Gasteiger partial charge < -0.3 is 15.7 Å². The number of carbonyl (C=O) groups is 2. The number of rotatable bonds is 6. The highest BCUT2D eigenvalue weighted by atomic mass is 35.5. The first-order valence-corrected chi connectivity index (χ1v) is 8.24. The van der Waals surface area contributed by atoms with Gasteiger partial charge in [0.1, 0.15) is 0 Å². The highest BCUT2D eigenvalue weighted by Crippen LogP contribution is 2.15. The van der Waals surface area contributed by atoms with Crippen molar-refractivity contribution < 1.29 is 14.7 Å². The lowest BCUT2D eigenvalue weighted by molar-refractivity contribution is -0.122. The third-order valence-electron chi connectivity index (χ3n) is 3.54. The molecular formula is C19H21ClN2O3. The van der Waals surface area contributed by atoms with E-state index in [-0.39, 0.29) is 24.8 Å². The van der Waals surface area contributed by atoms with Crippen molar-refractivity contribution in [3.05, 3.63) is 64.7 Å². The Morgan fingerprint density at radius 1 is 1.12 bits per heavy atom. The van der Waals surface area contributed by atoms with Crippen LogP contribution < -0.4 is 10.6 Å². The zero-order chi connectivity index (χ0) is 18.4. The van der Waals surface area contributed by atoms with Gasteiger partial charge in [-0.05, 0) is 49.7 Å². The van der Waals surface area contributed by atoms with Crippen LogP contribution in [0.25, 0.3) is 0 Å². The van der Waals surface area contributed by atoms with Crippen LogP contribution in [0.3, 0.4) is 0 Å². The molecular weight excluding hydrogens is 340 g/mol. The van der Waals surface area contributed by atoms with Crippen LogP contribution in [-0.4, -0.2) is 29.1 Å². The molecule has 0 aliphatic rings. The summed E-state index contributed by atoms with van der Waals surface area (Å²) >= 11 is 5.88. The predicted octanol–water partition coefficient (Wildman–Crippen LogP) is 3.02. The lowest BCUT2D eigenvalue weighted by atomic mass is 10.1. The van der Waals surface area contributed by atoms with E-state index < -0.39 is 5.54 Å². The predicted molar refractivity (Wildman–Crippen MR) is 98.9 cm³/mol. The van der Waals surface area contributed by atoms with E-state index in [1.807, 2.05) is 0 Å². The molecule has 25 heavy (non-hydrogen) atoms. The van der Waals surface area contributed by atoms with Gasteiger partial charge in [0.2, 0.25) is 5.91 Å². The van der Waals surface area contributed by atoms with Crippen LogP contribution in [-0.2, 0) is 11.2 Å². The zero-order valence-electron chi connectivity index (χ0n) is 14.2. The van der Waals surface area contributed by atoms with Crippen LogP contribution in [0, 0.1) is 0 Å². The molecule has 0 aliphatic carbocycles. The SMILES string of the molecule is CC(C)(CO)NC(=O)Cc1ccc(NC(=O)c2cccc(Cl)c2)cc1. The monoisotopic (exact) mass is 360 g/mol. The smallest absolute Gasteiger partial charge is 0.255 e. The van der Waals surface area contributed by atoms with Crippen molar-refractivity contribution in [2.45, 2.75) is 25.8 Å². The summed E-state index contributed by atoms with van der Waals surface area (Å²) in [5.74, 6) is -0.424. The molecule has 2 aromatic carbocycles. The fraction of sp³-hybridized carbons (Fsp3) is 0.263. The molecule has 0 saturated carbocycles. The van der Waals surface area contributed by atoms with E-state index in [0.29, 0.717) is 16.3 Å². The lowest BCUT2D eigenvalue weighted by Gasteiger charge is -2.23. The standard InChI is InChI=1S/C19H21ClN2O3/c1-19(2,12-23)22-17(24)10-13-6-8-16(9-7-13)21-18(25)14-4-3-5-15(20)11-14/h3-9,11,23H,10,12H2,1-2H3,(H,21,25)(H,22,24). The number of aliphatic hydroxyl groups excluding tert-OH is 1. The second-order valence-corrected chi connectivity index (χ2v) is 6.86. The van der Waals surface area contributed by atoms with Crippen LogP contribution >= 0.6 is 11.6 Å². The number of halogens is 1. The zero-order valence-corrected chi connectivity index (χ0v) is 14.9. The maximum atomic E-state index is 12.2. The van der Waals surface area contributed by atoms with Crippen molar-refractivity contribution in [3.8, 4) is 0 Å². The first-order chi connectivity index (χ1) is 11.8. The molecule has 132 valence electrons. The van der Waals surface area contributed by atoms with Gasteiger partial charge in [-0.3, -0.25) is 9.59 Å². The van der Waals surface area contributed by atoms with Crippen molar-refractivity contribution in [1.82, 2.24) is 5.32 Å². The minimum absolute atomic E-state index is 0.132. The van der Waals surface area contributed by atoms with Crippen LogP contribution in [0.2, 0.25) is 5.02 Å². The Hall–Kier alpha value is -2.37. The molecule has 0 spiro atoms. The van der Waals surface area contributed by atoms with Gasteiger partial charge in [0.15, 0.2) is 0 Å². The summed E-state index contributed by atoms with van der Waals surface area (Å²) in [6, 6.07) is 13.7. The second-order valence-electron chi connectivity index (χ2n) is 6.43. The molecule has 0 heterocycles. The van der Waals surface area contributed by atoms with E-state index in [4.69, 9.17) is 11.6 Å². The quantitative estimate of drug-likeness (QED) is 0.741. The van der Waals surface area contributed by atoms with Crippen molar-refractivity contribution in [2.24, 2.45) is 0 Å². The van der Waals surface area contributed by atoms with Crippen LogP contribution in [0.5, 0.6) is 0 Å². The summed E-state index contributed by atoms with van der Waals surface area (Å²) in [6.45, 7) is 3.37. The Kier molecular flexibility index (Phi) is 6.17. The van der Waals surface area contributed by atoms with Crippen molar-refractivity contribution in [1.29, 1.82) is 0 Å². The fourth-order valence-corrected chi connectivity index (χ4v) is 2.38. The molecule has 2 amide bonds. The fourth-order valence-electron chi connectivity index (χ4n) is 2.19. The minimum atomic E-state index is -0.651. The topological polar surface area (TPSA) is 78.4 Å². The molecule has 0 saturated heterocycles. The maximum Gasteiger partial charge on any atom is 0.255 e. The molecule has 0 atom stereocenters. The van der Waals surface area contributed by atoms with Crippen LogP contribution in [0.1, 0.15) is 29.8 Å². The molecule has 6 heteroatoms. The first kappa shape index (κ1) is 19.0. The van der Waals surface area contributed by atoms with Gasteiger partial charge in [-0.25, -0.2) is 0 Å². The number of hydrogen-bond donors (Lipinski definition) is 3. The van der Waals surface area contributed by atoms with E-state index in [0.717, 1.165) is 5.56 Å². The summed E-state index contributed by atoms with van der Waals surface area (Å²) in [7, 11) is 0. The second kappa shape index (κ2) is 8.14. The first-order valence-electron chi connectivity index (χ1n) is 7.87. The van der Waals surface area contributed by atoms with Crippen LogP contribution in [0.15, 0.2) is 48.5 Å². The molecule has 0 fully saturated rings. The van der Waals surface area contributed by atoms with Gasteiger partial charge >= 0.3 is 0 Å². The number of nitrogens with one attached hydrogen (secondary N) is 2. The number of aliphatic hydroxyl groups is 1. The molecule has 0 aromatic heterocycles. The van der Waals surface area contributed by atoms with Crippen molar-refractivity contribution >= 4 is 29.1 Å². The van der Waals surface area contributed by atoms with E-state index in [1.54, 1.807) is 62.4 Å². The third-order valence-corrected chi connectivity index (χ3v) is 3.77. The van der Waals surface area contributed by atoms with Gasteiger partial charge in [0.25, 0.3) is 5.91 Å². The average molecular weight is 361 g/mol. The summed E-state index contributed by atoms with van der Waals surface area (Å²) < 4.78 is 0. The highest BCUT2D eigenvalue weighted by Gasteiger charge is 2.19. The van der Waals surface area contributed by atoms with E-state index >= 15 is 0 Å². The molecule has 0 unspecified atom stereocenters. The largest absolute Gasteiger partial charge is 0.394 e. The number of hydrogen-bond acceptors (Lipinski definition) is 3. The van der Waals surface area contributed by atoms with E-state index in [9.17, 15) is 14.7 Å². The summed E-state index contributed by atoms with van der Waals surface area (Å²) in [4.78, 5) is 24.1. The molecule has 3 N–H and O–H groups in total. The number of amides is 2. The Labute approximate surface area is 152 Å². The van der Waals surface area contributed by atoms with Gasteiger partial charge in [-0.15, -0.1) is 0 Å². The van der Waals surface area contributed by atoms with E-state index in [2.05, 4.69) is 10.6 Å². The molecule has 2 rings (SSSR count).